The molecule has 6 heteroatoms. The normalized spacial score (nSPS) is 21.5. The fraction of sp³-hybridized carbons (Fsp3) is 0.524. The molecule has 27 heavy (non-hydrogen) atoms. The number of likely N-dealkylation sites (tertiary alicyclic amines) is 1. The Bertz CT molecular complexity index is 841. The number of amides is 1. The molecule has 2 aliphatic heterocycles. The molecule has 0 radical (unpaired) electrons. The number of rotatable bonds is 4. The van der Waals surface area contributed by atoms with Crippen LogP contribution in [0.25, 0.3) is 10.9 Å². The summed E-state index contributed by atoms with van der Waals surface area (Å²) in [6.07, 6.45) is 3.43. The van der Waals surface area contributed by atoms with Crippen LogP contribution >= 0.6 is 11.8 Å². The van der Waals surface area contributed by atoms with Crippen molar-refractivity contribution in [1.82, 2.24) is 14.8 Å². The molecule has 2 aliphatic rings. The van der Waals surface area contributed by atoms with Crippen molar-refractivity contribution in [3.63, 3.8) is 0 Å². The van der Waals surface area contributed by atoms with E-state index in [9.17, 15) is 9.59 Å². The minimum atomic E-state index is -0.372. The summed E-state index contributed by atoms with van der Waals surface area (Å²) < 4.78 is 0. The number of para-hydroxylation sites is 1. The first-order valence-electron chi connectivity index (χ1n) is 9.88. The number of aromatic nitrogens is 1. The smallest absolute Gasteiger partial charge is 0.295 e. The molecule has 1 atom stereocenters. The van der Waals surface area contributed by atoms with Gasteiger partial charge in [-0.1, -0.05) is 18.2 Å². The van der Waals surface area contributed by atoms with Gasteiger partial charge >= 0.3 is 0 Å². The second-order valence-electron chi connectivity index (χ2n) is 7.59. The highest BCUT2D eigenvalue weighted by atomic mass is 32.2. The molecular weight excluding hydrogens is 358 g/mol. The summed E-state index contributed by atoms with van der Waals surface area (Å²) in [4.78, 5) is 34.0. The van der Waals surface area contributed by atoms with Gasteiger partial charge in [-0.25, -0.2) is 0 Å². The Morgan fingerprint density at radius 3 is 2.74 bits per heavy atom. The van der Waals surface area contributed by atoms with Crippen molar-refractivity contribution >= 4 is 34.4 Å². The number of hydrogen-bond donors (Lipinski definition) is 1. The lowest BCUT2D eigenvalue weighted by Gasteiger charge is -2.32. The van der Waals surface area contributed by atoms with Gasteiger partial charge in [-0.05, 0) is 51.1 Å². The third kappa shape index (κ3) is 3.78. The summed E-state index contributed by atoms with van der Waals surface area (Å²) in [5, 5.41) is 0.841. The largest absolute Gasteiger partial charge is 0.358 e. The molecule has 2 saturated heterocycles. The van der Waals surface area contributed by atoms with Crippen molar-refractivity contribution in [3.05, 3.63) is 35.5 Å². The highest BCUT2D eigenvalue weighted by Gasteiger charge is 2.33. The fourth-order valence-corrected chi connectivity index (χ4v) is 5.37. The van der Waals surface area contributed by atoms with E-state index in [4.69, 9.17) is 0 Å². The molecule has 0 saturated carbocycles. The lowest BCUT2D eigenvalue weighted by Crippen LogP contribution is -2.49. The van der Waals surface area contributed by atoms with Gasteiger partial charge in [0.05, 0.1) is 11.6 Å². The molecule has 0 bridgehead atoms. The predicted molar refractivity (Wildman–Crippen MR) is 110 cm³/mol. The zero-order valence-corrected chi connectivity index (χ0v) is 16.7. The van der Waals surface area contributed by atoms with Gasteiger partial charge in [0, 0.05) is 35.4 Å². The van der Waals surface area contributed by atoms with E-state index in [2.05, 4.69) is 9.88 Å². The van der Waals surface area contributed by atoms with Gasteiger partial charge < -0.3 is 14.8 Å². The maximum Gasteiger partial charge on any atom is 0.295 e. The van der Waals surface area contributed by atoms with Crippen LogP contribution in [-0.2, 0) is 4.79 Å². The topological polar surface area (TPSA) is 56.4 Å². The monoisotopic (exact) mass is 385 g/mol. The summed E-state index contributed by atoms with van der Waals surface area (Å²) >= 11 is 1.91. The van der Waals surface area contributed by atoms with Crippen molar-refractivity contribution in [2.75, 3.05) is 37.7 Å². The number of hydrogen-bond acceptors (Lipinski definition) is 4. The van der Waals surface area contributed by atoms with E-state index < -0.39 is 0 Å². The van der Waals surface area contributed by atoms with Crippen molar-refractivity contribution in [2.24, 2.45) is 0 Å². The predicted octanol–water partition coefficient (Wildman–Crippen LogP) is 3.09. The number of nitrogens with one attached hydrogen (secondary N) is 1. The molecule has 1 amide bonds. The Morgan fingerprint density at radius 1 is 1.15 bits per heavy atom. The Balaban J connectivity index is 1.59. The van der Waals surface area contributed by atoms with Crippen molar-refractivity contribution in [1.29, 1.82) is 0 Å². The van der Waals surface area contributed by atoms with E-state index in [1.807, 2.05) is 47.9 Å². The average molecular weight is 386 g/mol. The van der Waals surface area contributed by atoms with E-state index in [0.29, 0.717) is 12.1 Å². The van der Waals surface area contributed by atoms with Crippen LogP contribution < -0.4 is 0 Å². The number of nitrogens with zero attached hydrogens (tertiary/aromatic N) is 2. The van der Waals surface area contributed by atoms with Crippen LogP contribution in [0.2, 0.25) is 0 Å². The number of H-pyrrole nitrogens is 1. The molecule has 3 heterocycles. The Hall–Kier alpha value is -1.79. The van der Waals surface area contributed by atoms with E-state index in [-0.39, 0.29) is 17.7 Å². The Kier molecular flexibility index (Phi) is 5.55. The number of carbonyl (C=O) groups is 2. The van der Waals surface area contributed by atoms with Gasteiger partial charge in [0.15, 0.2) is 0 Å². The van der Waals surface area contributed by atoms with Gasteiger partial charge in [0.1, 0.15) is 0 Å². The molecule has 1 unspecified atom stereocenters. The number of aromatic amines is 1. The Morgan fingerprint density at radius 2 is 1.93 bits per heavy atom. The molecule has 5 nitrogen and oxygen atoms in total. The molecule has 2 aromatic rings. The van der Waals surface area contributed by atoms with Crippen LogP contribution in [0, 0.1) is 6.92 Å². The molecular formula is C21H27N3O2S. The first-order valence-corrected chi connectivity index (χ1v) is 11.0. The third-order valence-electron chi connectivity index (χ3n) is 5.68. The summed E-state index contributed by atoms with van der Waals surface area (Å²) in [6.45, 7) is 5.66. The molecule has 1 N–H and O–H groups in total. The van der Waals surface area contributed by atoms with Crippen LogP contribution in [0.4, 0.5) is 0 Å². The number of benzene rings is 1. The van der Waals surface area contributed by atoms with Gasteiger partial charge in [-0.3, -0.25) is 9.59 Å². The summed E-state index contributed by atoms with van der Waals surface area (Å²) in [5.41, 5.74) is 2.22. The third-order valence-corrected chi connectivity index (χ3v) is 6.88. The SMILES string of the molecule is Cc1[nH]c2ccccc2c1C(=O)C(=O)N1CCCSCC1CN1CCCC1. The zero-order chi connectivity index (χ0) is 18.8. The van der Waals surface area contributed by atoms with E-state index in [1.165, 1.54) is 12.8 Å². The maximum absolute atomic E-state index is 13.3. The van der Waals surface area contributed by atoms with Crippen molar-refractivity contribution in [2.45, 2.75) is 32.2 Å². The number of Topliss-reactive ketones (excluding diaryl/α,β-unsaturated/α-hetero) is 1. The standard InChI is InChI=1S/C21H27N3O2S/c1-15-19(17-7-2-3-8-18(17)22-15)20(25)21(26)24-11-6-12-27-14-16(24)13-23-9-4-5-10-23/h2-3,7-8,16,22H,4-6,9-14H2,1H3. The number of fused-ring (bicyclic) bond motifs is 1. The molecule has 1 aromatic carbocycles. The van der Waals surface area contributed by atoms with Gasteiger partial charge in [0.25, 0.3) is 11.7 Å². The number of ketones is 1. The van der Waals surface area contributed by atoms with Gasteiger partial charge in [0.2, 0.25) is 0 Å². The molecule has 2 fully saturated rings. The number of thioether (sulfide) groups is 1. The van der Waals surface area contributed by atoms with Crippen LogP contribution in [0.1, 0.15) is 35.3 Å². The first kappa shape index (κ1) is 18.6. The maximum atomic E-state index is 13.3. The first-order chi connectivity index (χ1) is 13.1. The highest BCUT2D eigenvalue weighted by Crippen LogP contribution is 2.25. The molecule has 4 rings (SSSR count). The molecule has 0 aliphatic carbocycles. The van der Waals surface area contributed by atoms with Crippen LogP contribution in [0.5, 0.6) is 0 Å². The second-order valence-corrected chi connectivity index (χ2v) is 8.74. The minimum absolute atomic E-state index is 0.123. The van der Waals surface area contributed by atoms with Gasteiger partial charge in [-0.2, -0.15) is 11.8 Å². The highest BCUT2D eigenvalue weighted by molar-refractivity contribution is 7.99. The zero-order valence-electron chi connectivity index (χ0n) is 15.9. The van der Waals surface area contributed by atoms with Crippen molar-refractivity contribution in [3.8, 4) is 0 Å². The second kappa shape index (κ2) is 8.07. The quantitative estimate of drug-likeness (QED) is 0.649. The summed E-state index contributed by atoms with van der Waals surface area (Å²) in [7, 11) is 0. The van der Waals surface area contributed by atoms with Crippen molar-refractivity contribution < 1.29 is 9.59 Å². The lowest BCUT2D eigenvalue weighted by atomic mass is 10.0. The van der Waals surface area contributed by atoms with E-state index in [1.54, 1.807) is 0 Å². The summed E-state index contributed by atoms with van der Waals surface area (Å²) in [5.74, 6) is 1.26. The van der Waals surface area contributed by atoms with Crippen LogP contribution in [0.3, 0.4) is 0 Å². The lowest BCUT2D eigenvalue weighted by molar-refractivity contribution is -0.128. The molecule has 1 aromatic heterocycles. The van der Waals surface area contributed by atoms with Crippen LogP contribution in [0.15, 0.2) is 24.3 Å². The number of carbonyl (C=O) groups excluding carboxylic acids is 2. The Labute approximate surface area is 164 Å². The fourth-order valence-electron chi connectivity index (χ4n) is 4.32. The minimum Gasteiger partial charge on any atom is -0.358 e. The molecule has 144 valence electrons. The summed E-state index contributed by atoms with van der Waals surface area (Å²) in [6, 6.07) is 7.83. The average Bonchev–Trinajstić information content (AvgIpc) is 3.22. The van der Waals surface area contributed by atoms with Gasteiger partial charge in [-0.15, -0.1) is 0 Å². The molecule has 0 spiro atoms. The number of aryl methyl sites for hydroxylation is 1. The van der Waals surface area contributed by atoms with E-state index in [0.717, 1.165) is 54.2 Å². The van der Waals surface area contributed by atoms with E-state index >= 15 is 0 Å². The van der Waals surface area contributed by atoms with Crippen LogP contribution in [-0.4, -0.2) is 70.2 Å².